The molecule has 4 rings (SSSR count). The zero-order chi connectivity index (χ0) is 18.6. The summed E-state index contributed by atoms with van der Waals surface area (Å²) in [4.78, 5) is 12.4. The van der Waals surface area contributed by atoms with E-state index in [1.165, 1.54) is 4.68 Å². The summed E-state index contributed by atoms with van der Waals surface area (Å²) in [6.45, 7) is 1.19. The van der Waals surface area contributed by atoms with Crippen molar-refractivity contribution in [2.45, 2.75) is 6.73 Å². The molecule has 2 aromatic carbocycles. The van der Waals surface area contributed by atoms with E-state index in [0.717, 1.165) is 0 Å². The summed E-state index contributed by atoms with van der Waals surface area (Å²) in [5.41, 5.74) is 0.890. The van der Waals surface area contributed by atoms with Gasteiger partial charge in [0, 0.05) is 23.0 Å². The van der Waals surface area contributed by atoms with Crippen LogP contribution in [-0.2, 0) is 6.73 Å². The van der Waals surface area contributed by atoms with E-state index in [0.29, 0.717) is 41.2 Å². The van der Waals surface area contributed by atoms with Crippen LogP contribution in [-0.4, -0.2) is 28.9 Å². The van der Waals surface area contributed by atoms with E-state index in [1.54, 1.807) is 54.7 Å². The lowest BCUT2D eigenvalue weighted by molar-refractivity contribution is 0.102. The highest BCUT2D eigenvalue weighted by atomic mass is 35.5. The summed E-state index contributed by atoms with van der Waals surface area (Å²) in [6, 6.07) is 13.9. The molecule has 0 saturated heterocycles. The molecule has 3 aromatic rings. The minimum atomic E-state index is -0.322. The van der Waals surface area contributed by atoms with Gasteiger partial charge in [-0.05, 0) is 42.5 Å². The first kappa shape index (κ1) is 17.2. The van der Waals surface area contributed by atoms with Crippen LogP contribution in [0.4, 0.5) is 5.69 Å². The number of carbonyl (C=O) groups is 1. The number of ether oxygens (including phenoxy) is 3. The number of nitrogens with zero attached hydrogens (tertiary/aromatic N) is 2. The molecule has 7 nitrogen and oxygen atoms in total. The van der Waals surface area contributed by atoms with Crippen LogP contribution in [0.3, 0.4) is 0 Å². The van der Waals surface area contributed by atoms with Crippen LogP contribution >= 0.6 is 11.6 Å². The number of hydrogen-bond donors (Lipinski definition) is 1. The van der Waals surface area contributed by atoms with Crippen molar-refractivity contribution in [1.29, 1.82) is 0 Å². The number of halogens is 1. The SMILES string of the molecule is O=C(Nc1ccc2c(c1)OCCO2)c1ccn(COc2ccc(Cl)cc2)n1. The number of amides is 1. The van der Waals surface area contributed by atoms with Gasteiger partial charge in [0.1, 0.15) is 19.0 Å². The van der Waals surface area contributed by atoms with E-state index < -0.39 is 0 Å². The quantitative estimate of drug-likeness (QED) is 0.726. The molecular weight excluding hydrogens is 370 g/mol. The first-order valence-corrected chi connectivity index (χ1v) is 8.68. The highest BCUT2D eigenvalue weighted by Crippen LogP contribution is 2.32. The lowest BCUT2D eigenvalue weighted by atomic mass is 10.2. The highest BCUT2D eigenvalue weighted by Gasteiger charge is 2.14. The lowest BCUT2D eigenvalue weighted by Gasteiger charge is -2.18. The normalized spacial score (nSPS) is 12.5. The molecule has 0 saturated carbocycles. The minimum absolute atomic E-state index is 0.180. The van der Waals surface area contributed by atoms with Gasteiger partial charge in [0.25, 0.3) is 5.91 Å². The molecule has 0 radical (unpaired) electrons. The van der Waals surface area contributed by atoms with Gasteiger partial charge < -0.3 is 19.5 Å². The zero-order valence-corrected chi connectivity index (χ0v) is 15.0. The third kappa shape index (κ3) is 4.15. The van der Waals surface area contributed by atoms with Gasteiger partial charge >= 0.3 is 0 Å². The molecule has 1 aliphatic rings. The zero-order valence-electron chi connectivity index (χ0n) is 14.2. The van der Waals surface area contributed by atoms with E-state index in [-0.39, 0.29) is 18.3 Å². The Hall–Kier alpha value is -3.19. The Kier molecular flexibility index (Phi) is 4.84. The standard InChI is InChI=1S/C19H16ClN3O4/c20-13-1-4-15(5-2-13)27-12-23-8-7-16(22-23)19(24)21-14-3-6-17-18(11-14)26-10-9-25-17/h1-8,11H,9-10,12H2,(H,21,24). The number of carbonyl (C=O) groups excluding carboxylic acids is 1. The average Bonchev–Trinajstić information content (AvgIpc) is 3.17. The third-order valence-corrected chi connectivity index (χ3v) is 4.10. The van der Waals surface area contributed by atoms with Crippen LogP contribution in [0.1, 0.15) is 10.5 Å². The molecule has 1 N–H and O–H groups in total. The predicted octanol–water partition coefficient (Wildman–Crippen LogP) is 3.60. The summed E-state index contributed by atoms with van der Waals surface area (Å²) in [5, 5.41) is 7.66. The Morgan fingerprint density at radius 2 is 1.89 bits per heavy atom. The number of anilines is 1. The maximum absolute atomic E-state index is 12.4. The third-order valence-electron chi connectivity index (χ3n) is 3.85. The fourth-order valence-electron chi connectivity index (χ4n) is 2.54. The Labute approximate surface area is 160 Å². The molecule has 0 atom stereocenters. The Bertz CT molecular complexity index is 956. The molecule has 8 heteroatoms. The van der Waals surface area contributed by atoms with Gasteiger partial charge in [-0.25, -0.2) is 4.68 Å². The van der Waals surface area contributed by atoms with Crippen molar-refractivity contribution in [2.75, 3.05) is 18.5 Å². The van der Waals surface area contributed by atoms with E-state index in [1.807, 2.05) is 0 Å². The molecule has 1 amide bonds. The fourth-order valence-corrected chi connectivity index (χ4v) is 2.67. The summed E-state index contributed by atoms with van der Waals surface area (Å²) < 4.78 is 18.1. The van der Waals surface area contributed by atoms with E-state index >= 15 is 0 Å². The first-order chi connectivity index (χ1) is 13.2. The van der Waals surface area contributed by atoms with Crippen molar-refractivity contribution in [3.8, 4) is 17.2 Å². The molecule has 2 heterocycles. The van der Waals surface area contributed by atoms with E-state index in [2.05, 4.69) is 10.4 Å². The van der Waals surface area contributed by atoms with Crippen molar-refractivity contribution < 1.29 is 19.0 Å². The van der Waals surface area contributed by atoms with Gasteiger partial charge in [0.2, 0.25) is 0 Å². The van der Waals surface area contributed by atoms with E-state index in [4.69, 9.17) is 25.8 Å². The van der Waals surface area contributed by atoms with Crippen molar-refractivity contribution in [3.63, 3.8) is 0 Å². The van der Waals surface area contributed by atoms with Crippen LogP contribution in [0.15, 0.2) is 54.7 Å². The highest BCUT2D eigenvalue weighted by molar-refractivity contribution is 6.30. The van der Waals surface area contributed by atoms with Crippen molar-refractivity contribution in [2.24, 2.45) is 0 Å². The molecular formula is C19H16ClN3O4. The number of hydrogen-bond acceptors (Lipinski definition) is 5. The van der Waals surface area contributed by atoms with Gasteiger partial charge in [-0.15, -0.1) is 0 Å². The van der Waals surface area contributed by atoms with Crippen LogP contribution < -0.4 is 19.5 Å². The second-order valence-corrected chi connectivity index (χ2v) is 6.22. The number of nitrogens with one attached hydrogen (secondary N) is 1. The van der Waals surface area contributed by atoms with Gasteiger partial charge in [-0.3, -0.25) is 4.79 Å². The molecule has 0 spiro atoms. The Morgan fingerprint density at radius 3 is 2.70 bits per heavy atom. The molecule has 0 fully saturated rings. The van der Waals surface area contributed by atoms with E-state index in [9.17, 15) is 4.79 Å². The molecule has 1 aromatic heterocycles. The summed E-state index contributed by atoms with van der Waals surface area (Å²) in [7, 11) is 0. The van der Waals surface area contributed by atoms with Gasteiger partial charge in [-0.2, -0.15) is 5.10 Å². The maximum atomic E-state index is 12.4. The van der Waals surface area contributed by atoms with Crippen LogP contribution in [0.25, 0.3) is 0 Å². The number of fused-ring (bicyclic) bond motifs is 1. The van der Waals surface area contributed by atoms with Gasteiger partial charge in [0.05, 0.1) is 0 Å². The molecule has 0 bridgehead atoms. The van der Waals surface area contributed by atoms with Crippen LogP contribution in [0, 0.1) is 0 Å². The largest absolute Gasteiger partial charge is 0.486 e. The maximum Gasteiger partial charge on any atom is 0.276 e. The van der Waals surface area contributed by atoms with Crippen LogP contribution in [0.5, 0.6) is 17.2 Å². The molecule has 27 heavy (non-hydrogen) atoms. The second-order valence-electron chi connectivity index (χ2n) is 5.78. The smallest absolute Gasteiger partial charge is 0.276 e. The predicted molar refractivity (Wildman–Crippen MR) is 99.7 cm³/mol. The Morgan fingerprint density at radius 1 is 1.11 bits per heavy atom. The van der Waals surface area contributed by atoms with Gasteiger partial charge in [0.15, 0.2) is 23.9 Å². The average molecular weight is 386 g/mol. The molecule has 1 aliphatic heterocycles. The summed E-state index contributed by atoms with van der Waals surface area (Å²) in [6.07, 6.45) is 1.68. The number of benzene rings is 2. The first-order valence-electron chi connectivity index (χ1n) is 8.30. The Balaban J connectivity index is 1.37. The fraction of sp³-hybridized carbons (Fsp3) is 0.158. The topological polar surface area (TPSA) is 74.6 Å². The minimum Gasteiger partial charge on any atom is -0.486 e. The molecule has 0 unspecified atom stereocenters. The number of aromatic nitrogens is 2. The van der Waals surface area contributed by atoms with Crippen molar-refractivity contribution in [3.05, 3.63) is 65.4 Å². The number of rotatable bonds is 5. The molecule has 138 valence electrons. The van der Waals surface area contributed by atoms with Crippen LogP contribution in [0.2, 0.25) is 5.02 Å². The summed E-state index contributed by atoms with van der Waals surface area (Å²) in [5.74, 6) is 1.62. The van der Waals surface area contributed by atoms with Crippen molar-refractivity contribution >= 4 is 23.2 Å². The summed E-state index contributed by atoms with van der Waals surface area (Å²) >= 11 is 5.84. The van der Waals surface area contributed by atoms with Gasteiger partial charge in [-0.1, -0.05) is 11.6 Å². The molecule has 0 aliphatic carbocycles. The lowest BCUT2D eigenvalue weighted by Crippen LogP contribution is -2.17. The second kappa shape index (κ2) is 7.59. The monoisotopic (exact) mass is 385 g/mol. The van der Waals surface area contributed by atoms with Crippen molar-refractivity contribution in [1.82, 2.24) is 9.78 Å².